The summed E-state index contributed by atoms with van der Waals surface area (Å²) in [5.41, 5.74) is 3.37. The minimum atomic E-state index is -1.19. The van der Waals surface area contributed by atoms with Gasteiger partial charge < -0.3 is 9.47 Å². The smallest absolute Gasteiger partial charge is 0.240 e. The molecule has 0 spiro atoms. The number of aromatic nitrogens is 6. The Labute approximate surface area is 217 Å². The Morgan fingerprint density at radius 2 is 1.94 bits per heavy atom. The number of hydrogen-bond donors (Lipinski definition) is 0. The molecule has 0 atom stereocenters. The van der Waals surface area contributed by atoms with Crippen molar-refractivity contribution in [2.75, 3.05) is 24.8 Å². The maximum atomic E-state index is 6.12. The SMILES string of the molecule is CCOc1nn(C)cc1-c1cnc2ccc(N(COCC[Si](C)(C)C)c3nnc(C(C)C)s3)nc2c1. The summed E-state index contributed by atoms with van der Waals surface area (Å²) in [5.74, 6) is 1.64. The Bertz CT molecular complexity index is 1320. The lowest BCUT2D eigenvalue weighted by molar-refractivity contribution is 0.153. The fourth-order valence-corrected chi connectivity index (χ4v) is 5.12. The lowest BCUT2D eigenvalue weighted by atomic mass is 10.1. The number of fused-ring (bicyclic) bond motifs is 1. The van der Waals surface area contributed by atoms with Crippen molar-refractivity contribution in [3.05, 3.63) is 35.6 Å². The van der Waals surface area contributed by atoms with Gasteiger partial charge >= 0.3 is 0 Å². The van der Waals surface area contributed by atoms with Crippen LogP contribution in [0, 0.1) is 0 Å². The van der Waals surface area contributed by atoms with Gasteiger partial charge in [-0.15, -0.1) is 15.3 Å². The molecule has 192 valence electrons. The van der Waals surface area contributed by atoms with Crippen molar-refractivity contribution in [1.82, 2.24) is 29.9 Å². The van der Waals surface area contributed by atoms with Gasteiger partial charge in [0, 0.05) is 45.6 Å². The number of hydrogen-bond acceptors (Lipinski definition) is 9. The van der Waals surface area contributed by atoms with Crippen molar-refractivity contribution in [1.29, 1.82) is 0 Å². The first-order valence-electron chi connectivity index (χ1n) is 12.3. The first-order chi connectivity index (χ1) is 17.1. The molecule has 4 rings (SSSR count). The van der Waals surface area contributed by atoms with Gasteiger partial charge in [-0.3, -0.25) is 14.6 Å². The van der Waals surface area contributed by atoms with Gasteiger partial charge in [0.15, 0.2) is 0 Å². The molecule has 0 unspecified atom stereocenters. The molecule has 4 aromatic heterocycles. The zero-order valence-corrected chi connectivity index (χ0v) is 24.0. The molecule has 0 amide bonds. The van der Waals surface area contributed by atoms with E-state index in [9.17, 15) is 0 Å². The summed E-state index contributed by atoms with van der Waals surface area (Å²) in [6, 6.07) is 7.06. The molecule has 4 heterocycles. The number of nitrogens with zero attached hydrogens (tertiary/aromatic N) is 7. The van der Waals surface area contributed by atoms with E-state index in [-0.39, 0.29) is 0 Å². The summed E-state index contributed by atoms with van der Waals surface area (Å²) >= 11 is 1.57. The third kappa shape index (κ3) is 6.26. The van der Waals surface area contributed by atoms with Crippen LogP contribution in [-0.4, -0.2) is 58.0 Å². The van der Waals surface area contributed by atoms with Crippen LogP contribution in [0.2, 0.25) is 25.7 Å². The fraction of sp³-hybridized carbons (Fsp3) is 0.480. The molecule has 0 aromatic carbocycles. The van der Waals surface area contributed by atoms with Crippen LogP contribution in [0.1, 0.15) is 31.7 Å². The normalized spacial score (nSPS) is 12.0. The van der Waals surface area contributed by atoms with Gasteiger partial charge in [-0.2, -0.15) is 0 Å². The fourth-order valence-electron chi connectivity index (χ4n) is 3.53. The Morgan fingerprint density at radius 1 is 1.14 bits per heavy atom. The van der Waals surface area contributed by atoms with E-state index >= 15 is 0 Å². The minimum Gasteiger partial charge on any atom is -0.476 e. The van der Waals surface area contributed by atoms with Crippen LogP contribution in [0.4, 0.5) is 10.9 Å². The molecule has 0 N–H and O–H groups in total. The second-order valence-corrected chi connectivity index (χ2v) is 16.8. The highest BCUT2D eigenvalue weighted by atomic mass is 32.1. The van der Waals surface area contributed by atoms with Gasteiger partial charge in [0.05, 0.1) is 23.2 Å². The molecule has 0 saturated heterocycles. The zero-order valence-electron chi connectivity index (χ0n) is 22.1. The Morgan fingerprint density at radius 3 is 2.64 bits per heavy atom. The van der Waals surface area contributed by atoms with Gasteiger partial charge in [-0.1, -0.05) is 44.8 Å². The number of aryl methyl sites for hydroxylation is 1. The topological polar surface area (TPSA) is 91.1 Å². The Hall–Kier alpha value is -2.89. The highest BCUT2D eigenvalue weighted by Gasteiger charge is 2.20. The predicted octanol–water partition coefficient (Wildman–Crippen LogP) is 5.85. The minimum absolute atomic E-state index is 0.307. The van der Waals surface area contributed by atoms with E-state index < -0.39 is 8.07 Å². The molecule has 4 aromatic rings. The van der Waals surface area contributed by atoms with Crippen molar-refractivity contribution >= 4 is 41.4 Å². The van der Waals surface area contributed by atoms with Crippen LogP contribution in [0.3, 0.4) is 0 Å². The van der Waals surface area contributed by atoms with Crippen LogP contribution < -0.4 is 9.64 Å². The molecule has 0 saturated carbocycles. The lowest BCUT2D eigenvalue weighted by Crippen LogP contribution is -2.26. The summed E-state index contributed by atoms with van der Waals surface area (Å²) in [5, 5.41) is 15.0. The third-order valence-corrected chi connectivity index (χ3v) is 8.51. The van der Waals surface area contributed by atoms with Gasteiger partial charge in [-0.05, 0) is 31.2 Å². The average molecular weight is 526 g/mol. The zero-order chi connectivity index (χ0) is 25.9. The molecule has 0 bridgehead atoms. The van der Waals surface area contributed by atoms with Crippen molar-refractivity contribution in [2.24, 2.45) is 7.05 Å². The van der Waals surface area contributed by atoms with Crippen LogP contribution in [0.25, 0.3) is 22.2 Å². The molecular formula is C25H35N7O2SSi. The quantitative estimate of drug-likeness (QED) is 0.137. The highest BCUT2D eigenvalue weighted by Crippen LogP contribution is 2.33. The van der Waals surface area contributed by atoms with Crippen LogP contribution in [0.5, 0.6) is 5.88 Å². The molecule has 9 nitrogen and oxygen atoms in total. The van der Waals surface area contributed by atoms with Crippen LogP contribution in [-0.2, 0) is 11.8 Å². The first kappa shape index (κ1) is 26.2. The van der Waals surface area contributed by atoms with E-state index in [4.69, 9.17) is 14.5 Å². The van der Waals surface area contributed by atoms with E-state index in [0.717, 1.165) is 44.2 Å². The summed E-state index contributed by atoms with van der Waals surface area (Å²) in [4.78, 5) is 11.6. The van der Waals surface area contributed by atoms with E-state index in [0.29, 0.717) is 31.7 Å². The molecule has 0 aliphatic rings. The first-order valence-corrected chi connectivity index (χ1v) is 16.8. The summed E-state index contributed by atoms with van der Waals surface area (Å²) in [6.07, 6.45) is 3.77. The summed E-state index contributed by atoms with van der Waals surface area (Å²) in [7, 11) is 0.687. The maximum Gasteiger partial charge on any atom is 0.240 e. The number of pyridine rings is 2. The molecule has 0 aliphatic heterocycles. The molecule has 0 radical (unpaired) electrons. The second-order valence-electron chi connectivity index (χ2n) is 10.2. The molecule has 11 heteroatoms. The maximum absolute atomic E-state index is 6.12. The highest BCUT2D eigenvalue weighted by molar-refractivity contribution is 7.15. The monoisotopic (exact) mass is 525 g/mol. The van der Waals surface area contributed by atoms with E-state index in [1.165, 1.54) is 0 Å². The van der Waals surface area contributed by atoms with E-state index in [2.05, 4.69) is 53.8 Å². The van der Waals surface area contributed by atoms with Crippen molar-refractivity contribution in [2.45, 2.75) is 52.4 Å². The lowest BCUT2D eigenvalue weighted by Gasteiger charge is -2.22. The van der Waals surface area contributed by atoms with E-state index in [1.807, 2.05) is 49.5 Å². The van der Waals surface area contributed by atoms with Crippen molar-refractivity contribution in [3.63, 3.8) is 0 Å². The van der Waals surface area contributed by atoms with Crippen LogP contribution in [0.15, 0.2) is 30.6 Å². The predicted molar refractivity (Wildman–Crippen MR) is 148 cm³/mol. The number of anilines is 2. The third-order valence-electron chi connectivity index (χ3n) is 5.56. The Balaban J connectivity index is 1.68. The molecule has 0 aliphatic carbocycles. The summed E-state index contributed by atoms with van der Waals surface area (Å²) < 4.78 is 13.6. The molecular weight excluding hydrogens is 490 g/mol. The van der Waals surface area contributed by atoms with Crippen molar-refractivity contribution in [3.8, 4) is 17.0 Å². The number of rotatable bonds is 11. The second kappa shape index (κ2) is 11.0. The van der Waals surface area contributed by atoms with E-state index in [1.54, 1.807) is 16.0 Å². The Kier molecular flexibility index (Phi) is 8.01. The number of ether oxygens (including phenoxy) is 2. The van der Waals surface area contributed by atoms with Crippen molar-refractivity contribution < 1.29 is 9.47 Å². The van der Waals surface area contributed by atoms with Gasteiger partial charge in [0.1, 0.15) is 17.6 Å². The molecule has 36 heavy (non-hydrogen) atoms. The summed E-state index contributed by atoms with van der Waals surface area (Å²) in [6.45, 7) is 14.9. The van der Waals surface area contributed by atoms with Gasteiger partial charge in [0.25, 0.3) is 0 Å². The average Bonchev–Trinajstić information content (AvgIpc) is 3.45. The molecule has 0 fully saturated rings. The largest absolute Gasteiger partial charge is 0.476 e. The van der Waals surface area contributed by atoms with Crippen LogP contribution >= 0.6 is 11.3 Å². The standard InChI is InChI=1S/C25H35N7O2SSi/c1-8-34-23-19(15-31(4)30-23)18-13-21-20(26-14-18)9-10-22(27-21)32(16-33-11-12-36(5,6)7)25-29-28-24(35-25)17(2)3/h9-10,13-15,17H,8,11-12,16H2,1-7H3. The van der Waals surface area contributed by atoms with Gasteiger partial charge in [0.2, 0.25) is 11.0 Å². The van der Waals surface area contributed by atoms with Gasteiger partial charge in [-0.25, -0.2) is 4.98 Å².